The van der Waals surface area contributed by atoms with Crippen molar-refractivity contribution in [3.63, 3.8) is 0 Å². The predicted octanol–water partition coefficient (Wildman–Crippen LogP) is 3.40. The van der Waals surface area contributed by atoms with Gasteiger partial charge in [0.05, 0.1) is 19.5 Å². The zero-order valence-corrected chi connectivity index (χ0v) is 15.9. The van der Waals surface area contributed by atoms with Gasteiger partial charge in [-0.25, -0.2) is 9.97 Å². The fraction of sp³-hybridized carbons (Fsp3) is 0.450. The molecule has 2 aromatic rings. The van der Waals surface area contributed by atoms with Crippen molar-refractivity contribution in [2.75, 3.05) is 32.1 Å². The number of ether oxygens (including phenoxy) is 1. The van der Waals surface area contributed by atoms with Crippen LogP contribution in [-0.2, 0) is 6.42 Å². The van der Waals surface area contributed by atoms with Crippen molar-refractivity contribution in [1.82, 2.24) is 14.9 Å². The van der Waals surface area contributed by atoms with Crippen molar-refractivity contribution in [2.45, 2.75) is 33.1 Å². The number of carbonyl (C=O) groups excluding carboxylic acids is 1. The molecular weight excluding hydrogens is 328 g/mol. The summed E-state index contributed by atoms with van der Waals surface area (Å²) in [6.07, 6.45) is 5.84. The zero-order chi connectivity index (χ0) is 18.8. The fourth-order valence-corrected chi connectivity index (χ4v) is 2.78. The second-order valence-electron chi connectivity index (χ2n) is 6.07. The smallest absolute Gasteiger partial charge is 0.274 e. The summed E-state index contributed by atoms with van der Waals surface area (Å²) in [7, 11) is 1.67. The highest BCUT2D eigenvalue weighted by Crippen LogP contribution is 2.17. The third kappa shape index (κ3) is 5.44. The number of nitrogens with one attached hydrogen (secondary N) is 1. The highest BCUT2D eigenvalue weighted by atomic mass is 16.5. The van der Waals surface area contributed by atoms with Crippen molar-refractivity contribution in [1.29, 1.82) is 0 Å². The van der Waals surface area contributed by atoms with E-state index >= 15 is 0 Å². The molecule has 0 aliphatic heterocycles. The molecule has 6 nitrogen and oxygen atoms in total. The van der Waals surface area contributed by atoms with E-state index in [4.69, 9.17) is 4.74 Å². The SMILES string of the molecule is CCCN(CCC)C(=O)c1cnc(NCCc2ccccc2OC)cn1. The van der Waals surface area contributed by atoms with E-state index in [-0.39, 0.29) is 5.91 Å². The van der Waals surface area contributed by atoms with Crippen LogP contribution in [0.5, 0.6) is 5.75 Å². The standard InChI is InChI=1S/C20H28N4O2/c1-4-12-24(13-5-2)20(25)17-14-23-19(15-22-17)21-11-10-16-8-6-7-9-18(16)26-3/h6-9,14-15H,4-5,10-13H2,1-3H3,(H,21,23). The Morgan fingerprint density at radius 3 is 2.46 bits per heavy atom. The molecule has 0 unspecified atom stereocenters. The molecule has 6 heteroatoms. The number of hydrogen-bond donors (Lipinski definition) is 1. The Morgan fingerprint density at radius 1 is 1.12 bits per heavy atom. The first kappa shape index (κ1) is 19.7. The second kappa shape index (κ2) is 10.4. The van der Waals surface area contributed by atoms with E-state index in [1.807, 2.05) is 29.2 Å². The zero-order valence-electron chi connectivity index (χ0n) is 15.9. The maximum atomic E-state index is 12.5. The second-order valence-corrected chi connectivity index (χ2v) is 6.07. The number of methoxy groups -OCH3 is 1. The average Bonchev–Trinajstić information content (AvgIpc) is 2.68. The van der Waals surface area contributed by atoms with Crippen molar-refractivity contribution in [2.24, 2.45) is 0 Å². The van der Waals surface area contributed by atoms with E-state index in [9.17, 15) is 4.79 Å². The Balaban J connectivity index is 1.91. The van der Waals surface area contributed by atoms with Crippen LogP contribution in [0.1, 0.15) is 42.7 Å². The van der Waals surface area contributed by atoms with Gasteiger partial charge in [0, 0.05) is 19.6 Å². The van der Waals surface area contributed by atoms with E-state index in [0.29, 0.717) is 18.1 Å². The van der Waals surface area contributed by atoms with E-state index in [0.717, 1.165) is 43.7 Å². The molecule has 1 aromatic carbocycles. The number of rotatable bonds is 10. The minimum atomic E-state index is -0.0539. The summed E-state index contributed by atoms with van der Waals surface area (Å²) in [6, 6.07) is 7.95. The van der Waals surface area contributed by atoms with Gasteiger partial charge in [-0.3, -0.25) is 4.79 Å². The molecule has 0 bridgehead atoms. The summed E-state index contributed by atoms with van der Waals surface area (Å²) in [5, 5.41) is 3.24. The maximum absolute atomic E-state index is 12.5. The summed E-state index contributed by atoms with van der Waals surface area (Å²) in [5.74, 6) is 1.49. The van der Waals surface area contributed by atoms with Crippen LogP contribution in [0.2, 0.25) is 0 Å². The van der Waals surface area contributed by atoms with Gasteiger partial charge in [0.15, 0.2) is 0 Å². The molecule has 0 radical (unpaired) electrons. The van der Waals surface area contributed by atoms with Gasteiger partial charge in [0.2, 0.25) is 0 Å². The van der Waals surface area contributed by atoms with E-state index in [1.165, 1.54) is 0 Å². The number of nitrogens with zero attached hydrogens (tertiary/aromatic N) is 3. The van der Waals surface area contributed by atoms with Gasteiger partial charge in [-0.15, -0.1) is 0 Å². The molecule has 1 aromatic heterocycles. The molecule has 26 heavy (non-hydrogen) atoms. The van der Waals surface area contributed by atoms with Crippen molar-refractivity contribution in [3.05, 3.63) is 47.9 Å². The maximum Gasteiger partial charge on any atom is 0.274 e. The normalized spacial score (nSPS) is 10.4. The molecule has 140 valence electrons. The summed E-state index contributed by atoms with van der Waals surface area (Å²) >= 11 is 0. The van der Waals surface area contributed by atoms with E-state index < -0.39 is 0 Å². The molecule has 1 amide bonds. The lowest BCUT2D eigenvalue weighted by Gasteiger charge is -2.20. The molecular formula is C20H28N4O2. The molecule has 0 saturated heterocycles. The minimum absolute atomic E-state index is 0.0539. The Morgan fingerprint density at radius 2 is 1.85 bits per heavy atom. The van der Waals surface area contributed by atoms with Crippen LogP contribution < -0.4 is 10.1 Å². The summed E-state index contributed by atoms with van der Waals surface area (Å²) < 4.78 is 5.35. The van der Waals surface area contributed by atoms with Crippen molar-refractivity contribution in [3.8, 4) is 5.75 Å². The van der Waals surface area contributed by atoms with Crippen LogP contribution in [0.15, 0.2) is 36.7 Å². The topological polar surface area (TPSA) is 67.4 Å². The lowest BCUT2D eigenvalue weighted by atomic mass is 10.1. The van der Waals surface area contributed by atoms with Gasteiger partial charge >= 0.3 is 0 Å². The molecule has 1 heterocycles. The Hall–Kier alpha value is -2.63. The molecule has 1 N–H and O–H groups in total. The van der Waals surface area contributed by atoms with Crippen LogP contribution in [-0.4, -0.2) is 47.5 Å². The number of aromatic nitrogens is 2. The van der Waals surface area contributed by atoms with Gasteiger partial charge in [-0.1, -0.05) is 32.0 Å². The van der Waals surface area contributed by atoms with Crippen LogP contribution in [0.4, 0.5) is 5.82 Å². The largest absolute Gasteiger partial charge is 0.496 e. The van der Waals surface area contributed by atoms with Crippen LogP contribution >= 0.6 is 0 Å². The molecule has 0 spiro atoms. The number of hydrogen-bond acceptors (Lipinski definition) is 5. The summed E-state index contributed by atoms with van der Waals surface area (Å²) in [4.78, 5) is 22.9. The van der Waals surface area contributed by atoms with Crippen molar-refractivity contribution >= 4 is 11.7 Å². The highest BCUT2D eigenvalue weighted by Gasteiger charge is 2.15. The van der Waals surface area contributed by atoms with E-state index in [1.54, 1.807) is 19.5 Å². The Bertz CT molecular complexity index is 682. The lowest BCUT2D eigenvalue weighted by molar-refractivity contribution is 0.0749. The molecule has 0 fully saturated rings. The number of carbonyl (C=O) groups is 1. The minimum Gasteiger partial charge on any atom is -0.496 e. The third-order valence-electron chi connectivity index (χ3n) is 4.04. The fourth-order valence-electron chi connectivity index (χ4n) is 2.78. The number of anilines is 1. The third-order valence-corrected chi connectivity index (χ3v) is 4.04. The number of amides is 1. The molecule has 2 rings (SSSR count). The Labute approximate surface area is 155 Å². The lowest BCUT2D eigenvalue weighted by Crippen LogP contribution is -2.33. The molecule has 0 saturated carbocycles. The first-order valence-electron chi connectivity index (χ1n) is 9.16. The van der Waals surface area contributed by atoms with Gasteiger partial charge < -0.3 is 15.0 Å². The summed E-state index contributed by atoms with van der Waals surface area (Å²) in [6.45, 7) is 6.33. The first-order valence-corrected chi connectivity index (χ1v) is 9.16. The van der Waals surface area contributed by atoms with Crippen LogP contribution in [0, 0.1) is 0 Å². The predicted molar refractivity (Wildman–Crippen MR) is 104 cm³/mol. The van der Waals surface area contributed by atoms with Crippen LogP contribution in [0.25, 0.3) is 0 Å². The van der Waals surface area contributed by atoms with Crippen LogP contribution in [0.3, 0.4) is 0 Å². The average molecular weight is 356 g/mol. The van der Waals surface area contributed by atoms with Crippen molar-refractivity contribution < 1.29 is 9.53 Å². The van der Waals surface area contributed by atoms with Gasteiger partial charge in [0.25, 0.3) is 5.91 Å². The molecule has 0 atom stereocenters. The quantitative estimate of drug-likeness (QED) is 0.707. The van der Waals surface area contributed by atoms with Gasteiger partial charge in [0.1, 0.15) is 17.3 Å². The van der Waals surface area contributed by atoms with Gasteiger partial charge in [-0.05, 0) is 30.9 Å². The monoisotopic (exact) mass is 356 g/mol. The number of benzene rings is 1. The van der Waals surface area contributed by atoms with Gasteiger partial charge in [-0.2, -0.15) is 0 Å². The molecule has 0 aliphatic carbocycles. The molecule has 0 aliphatic rings. The van der Waals surface area contributed by atoms with E-state index in [2.05, 4.69) is 29.1 Å². The first-order chi connectivity index (χ1) is 12.7. The number of para-hydroxylation sites is 1. The highest BCUT2D eigenvalue weighted by molar-refractivity contribution is 5.92. The Kier molecular flexibility index (Phi) is 7.86. The summed E-state index contributed by atoms with van der Waals surface area (Å²) in [5.41, 5.74) is 1.53.